The fraction of sp³-hybridized carbons (Fsp3) is 0.394. The maximum absolute atomic E-state index is 14.0. The first-order valence-electron chi connectivity index (χ1n) is 14.6. The molecule has 2 amide bonds. The first-order chi connectivity index (χ1) is 20.5. The van der Waals surface area contributed by atoms with E-state index in [4.69, 9.17) is 11.6 Å². The Morgan fingerprint density at radius 2 is 1.70 bits per heavy atom. The predicted octanol–water partition coefficient (Wildman–Crippen LogP) is 6.66. The second-order valence-electron chi connectivity index (χ2n) is 11.2. The second kappa shape index (κ2) is 15.2. The van der Waals surface area contributed by atoms with Crippen molar-refractivity contribution in [3.8, 4) is 0 Å². The van der Waals surface area contributed by atoms with Crippen molar-refractivity contribution in [2.24, 2.45) is 0 Å². The first-order valence-corrected chi connectivity index (χ1v) is 17.7. The molecule has 0 spiro atoms. The van der Waals surface area contributed by atoms with Gasteiger partial charge in [-0.15, -0.1) is 0 Å². The Kier molecular flexibility index (Phi) is 11.7. The normalized spacial score (nSPS) is 14.3. The van der Waals surface area contributed by atoms with Gasteiger partial charge in [0, 0.05) is 41.5 Å². The van der Waals surface area contributed by atoms with Gasteiger partial charge in [0.2, 0.25) is 21.8 Å². The van der Waals surface area contributed by atoms with Crippen LogP contribution in [-0.2, 0) is 32.6 Å². The minimum Gasteiger partial charge on any atom is -0.352 e. The molecular weight excluding hydrogens is 650 g/mol. The van der Waals surface area contributed by atoms with Crippen LogP contribution in [0.15, 0.2) is 77.3 Å². The molecule has 0 radical (unpaired) electrons. The van der Waals surface area contributed by atoms with E-state index in [1.165, 1.54) is 4.31 Å². The van der Waals surface area contributed by atoms with Gasteiger partial charge >= 0.3 is 0 Å². The Balaban J connectivity index is 1.60. The lowest BCUT2D eigenvalue weighted by molar-refractivity contribution is -0.141. The molecule has 3 aromatic rings. The molecule has 1 fully saturated rings. The summed E-state index contributed by atoms with van der Waals surface area (Å²) in [6.45, 7) is 2.18. The number of nitrogens with zero attached hydrogens (tertiary/aromatic N) is 2. The monoisotopic (exact) mass is 687 g/mol. The Bertz CT molecular complexity index is 1510. The third-order valence-electron chi connectivity index (χ3n) is 7.81. The van der Waals surface area contributed by atoms with Crippen LogP contribution in [0.25, 0.3) is 0 Å². The van der Waals surface area contributed by atoms with Crippen molar-refractivity contribution in [3.63, 3.8) is 0 Å². The summed E-state index contributed by atoms with van der Waals surface area (Å²) in [5.74, 6) is -0.370. The highest BCUT2D eigenvalue weighted by Crippen LogP contribution is 2.27. The van der Waals surface area contributed by atoms with Crippen LogP contribution in [-0.4, -0.2) is 50.0 Å². The topological polar surface area (TPSA) is 86.8 Å². The minimum absolute atomic E-state index is 0.0711. The van der Waals surface area contributed by atoms with Crippen molar-refractivity contribution >= 4 is 55.1 Å². The zero-order valence-electron chi connectivity index (χ0n) is 24.6. The molecule has 0 unspecified atom stereocenters. The van der Waals surface area contributed by atoms with E-state index in [-0.39, 0.29) is 43.8 Å². The number of rotatable bonds is 13. The van der Waals surface area contributed by atoms with Crippen molar-refractivity contribution in [2.75, 3.05) is 17.1 Å². The number of benzene rings is 3. The highest BCUT2D eigenvalue weighted by molar-refractivity contribution is 9.10. The average Bonchev–Trinajstić information content (AvgIpc) is 3.47. The van der Waals surface area contributed by atoms with Gasteiger partial charge in [-0.25, -0.2) is 8.42 Å². The zero-order valence-corrected chi connectivity index (χ0v) is 27.8. The highest BCUT2D eigenvalue weighted by Gasteiger charge is 2.32. The molecule has 0 aromatic heterocycles. The molecule has 1 saturated carbocycles. The third-order valence-corrected chi connectivity index (χ3v) is 9.71. The molecule has 0 saturated heterocycles. The third kappa shape index (κ3) is 9.55. The van der Waals surface area contributed by atoms with E-state index in [0.29, 0.717) is 17.1 Å². The number of amides is 2. The summed E-state index contributed by atoms with van der Waals surface area (Å²) < 4.78 is 27.7. The molecule has 230 valence electrons. The van der Waals surface area contributed by atoms with E-state index in [0.717, 1.165) is 53.1 Å². The van der Waals surface area contributed by atoms with Gasteiger partial charge in [0.1, 0.15) is 6.04 Å². The number of aryl methyl sites for hydroxylation is 1. The summed E-state index contributed by atoms with van der Waals surface area (Å²) in [5.41, 5.74) is 3.11. The van der Waals surface area contributed by atoms with Crippen LogP contribution in [0.4, 0.5) is 5.69 Å². The zero-order chi connectivity index (χ0) is 31.0. The van der Waals surface area contributed by atoms with Gasteiger partial charge in [-0.3, -0.25) is 13.9 Å². The number of carbonyl (C=O) groups excluding carboxylic acids is 2. The van der Waals surface area contributed by atoms with Crippen molar-refractivity contribution in [1.29, 1.82) is 0 Å². The average molecular weight is 689 g/mol. The molecule has 1 aliphatic carbocycles. The van der Waals surface area contributed by atoms with Crippen molar-refractivity contribution < 1.29 is 18.0 Å². The van der Waals surface area contributed by atoms with E-state index in [2.05, 4.69) is 21.2 Å². The van der Waals surface area contributed by atoms with Crippen molar-refractivity contribution in [2.45, 2.75) is 70.5 Å². The summed E-state index contributed by atoms with van der Waals surface area (Å²) in [6, 6.07) is 21.9. The van der Waals surface area contributed by atoms with Gasteiger partial charge in [0.15, 0.2) is 0 Å². The van der Waals surface area contributed by atoms with Crippen LogP contribution in [0.2, 0.25) is 5.02 Å². The van der Waals surface area contributed by atoms with E-state index in [1.807, 2.05) is 61.5 Å². The maximum atomic E-state index is 14.0. The van der Waals surface area contributed by atoms with Gasteiger partial charge in [-0.1, -0.05) is 88.9 Å². The molecule has 1 N–H and O–H groups in total. The summed E-state index contributed by atoms with van der Waals surface area (Å²) >= 11 is 9.72. The maximum Gasteiger partial charge on any atom is 0.243 e. The van der Waals surface area contributed by atoms with Crippen LogP contribution < -0.4 is 9.62 Å². The van der Waals surface area contributed by atoms with Crippen LogP contribution in [0, 0.1) is 6.92 Å². The van der Waals surface area contributed by atoms with E-state index < -0.39 is 16.1 Å². The molecule has 0 bridgehead atoms. The number of carbonyl (C=O) groups is 2. The second-order valence-corrected chi connectivity index (χ2v) is 14.5. The molecule has 4 rings (SSSR count). The predicted molar refractivity (Wildman–Crippen MR) is 177 cm³/mol. The number of hydrogen-bond acceptors (Lipinski definition) is 4. The number of sulfonamides is 1. The van der Waals surface area contributed by atoms with Crippen molar-refractivity contribution in [3.05, 3.63) is 99.0 Å². The Hall–Kier alpha value is -2.88. The molecule has 3 aromatic carbocycles. The van der Waals surface area contributed by atoms with Gasteiger partial charge in [0.05, 0.1) is 11.9 Å². The Morgan fingerprint density at radius 1 is 1.00 bits per heavy atom. The molecule has 0 heterocycles. The van der Waals surface area contributed by atoms with Crippen LogP contribution in [0.5, 0.6) is 0 Å². The molecule has 10 heteroatoms. The summed E-state index contributed by atoms with van der Waals surface area (Å²) in [7, 11) is -3.63. The number of nitrogens with one attached hydrogen (secondary N) is 1. The molecular formula is C33H39BrClN3O4S. The van der Waals surface area contributed by atoms with E-state index in [1.54, 1.807) is 23.1 Å². The van der Waals surface area contributed by atoms with Gasteiger partial charge in [-0.2, -0.15) is 0 Å². The number of halogens is 2. The largest absolute Gasteiger partial charge is 0.352 e. The molecule has 1 aliphatic rings. The van der Waals surface area contributed by atoms with E-state index >= 15 is 0 Å². The fourth-order valence-electron chi connectivity index (χ4n) is 5.59. The quantitative estimate of drug-likeness (QED) is 0.218. The molecule has 0 aliphatic heterocycles. The van der Waals surface area contributed by atoms with E-state index in [9.17, 15) is 18.0 Å². The number of hydrogen-bond donors (Lipinski definition) is 1. The van der Waals surface area contributed by atoms with Crippen LogP contribution in [0.3, 0.4) is 0 Å². The highest BCUT2D eigenvalue weighted by atomic mass is 79.9. The Labute approximate surface area is 268 Å². The smallest absolute Gasteiger partial charge is 0.243 e. The molecule has 7 nitrogen and oxygen atoms in total. The van der Waals surface area contributed by atoms with Crippen LogP contribution in [0.1, 0.15) is 55.2 Å². The van der Waals surface area contributed by atoms with Crippen LogP contribution >= 0.6 is 27.5 Å². The Morgan fingerprint density at radius 3 is 2.37 bits per heavy atom. The first kappa shape index (κ1) is 33.0. The summed E-state index contributed by atoms with van der Waals surface area (Å²) in [6.07, 6.45) is 5.90. The minimum atomic E-state index is -3.63. The van der Waals surface area contributed by atoms with Gasteiger partial charge in [-0.05, 0) is 67.1 Å². The summed E-state index contributed by atoms with van der Waals surface area (Å²) in [4.78, 5) is 29.6. The lowest BCUT2D eigenvalue weighted by Gasteiger charge is -2.33. The standard InChI is InChI=1S/C33H39BrClN3O4S/c1-24-17-18-28(35)22-30(24)38(43(2,41)42)19-9-16-32(39)37(23-26-12-8-13-27(34)20-26)31(21-25-10-4-3-5-11-25)33(40)36-29-14-6-7-15-29/h3-5,8,10-13,17-18,20,22,29,31H,6-7,9,14-16,19,21,23H2,1-2H3,(H,36,40)/t31-/m0/s1. The molecule has 43 heavy (non-hydrogen) atoms. The lowest BCUT2D eigenvalue weighted by atomic mass is 10.0. The van der Waals surface area contributed by atoms with Gasteiger partial charge in [0.25, 0.3) is 0 Å². The molecule has 1 atom stereocenters. The van der Waals surface area contributed by atoms with Gasteiger partial charge < -0.3 is 10.2 Å². The fourth-order valence-corrected chi connectivity index (χ4v) is 7.21. The SMILES string of the molecule is Cc1ccc(Cl)cc1N(CCCC(=O)N(Cc1cccc(Br)c1)[C@@H](Cc1ccccc1)C(=O)NC1CCCC1)S(C)(=O)=O. The number of anilines is 1. The lowest BCUT2D eigenvalue weighted by Crippen LogP contribution is -2.52. The summed E-state index contributed by atoms with van der Waals surface area (Å²) in [5, 5.41) is 3.65. The van der Waals surface area contributed by atoms with Crippen molar-refractivity contribution in [1.82, 2.24) is 10.2 Å².